The zero-order valence-corrected chi connectivity index (χ0v) is 11.5. The topological polar surface area (TPSA) is 40.9 Å². The van der Waals surface area contributed by atoms with Crippen LogP contribution in [-0.4, -0.2) is 9.78 Å². The molecule has 0 spiro atoms. The van der Waals surface area contributed by atoms with Gasteiger partial charge in [0, 0.05) is 17.1 Å². The molecule has 0 N–H and O–H groups in total. The molecule has 0 aliphatic carbocycles. The summed E-state index contributed by atoms with van der Waals surface area (Å²) < 4.78 is 1.51. The molecule has 14 heavy (non-hydrogen) atoms. The Balaban J connectivity index is 0.000000980. The third-order valence-corrected chi connectivity index (χ3v) is 1.91. The third-order valence-electron chi connectivity index (χ3n) is 1.66. The monoisotopic (exact) mass is 232 g/mol. The van der Waals surface area contributed by atoms with E-state index in [-0.39, 0.29) is 57.3 Å². The zero-order chi connectivity index (χ0) is 9.26. The van der Waals surface area contributed by atoms with E-state index in [0.717, 1.165) is 5.69 Å². The molecule has 0 fully saturated rings. The van der Waals surface area contributed by atoms with E-state index in [1.807, 2.05) is 0 Å². The molecule has 0 unspecified atom stereocenters. The van der Waals surface area contributed by atoms with Crippen molar-refractivity contribution in [3.8, 4) is 11.6 Å². The fourth-order valence-corrected chi connectivity index (χ4v) is 1.17. The molecule has 2 aromatic rings. The quantitative estimate of drug-likeness (QED) is 0.568. The Hall–Kier alpha value is 0.156. The van der Waals surface area contributed by atoms with Crippen LogP contribution >= 0.6 is 11.6 Å². The Labute approximate surface area is 129 Å². The van der Waals surface area contributed by atoms with Gasteiger partial charge in [-0.05, 0) is 30.3 Å². The molecule has 1 aromatic carbocycles. The van der Waals surface area contributed by atoms with Gasteiger partial charge in [0.2, 0.25) is 0 Å². The van der Waals surface area contributed by atoms with E-state index in [1.165, 1.54) is 10.7 Å². The molecule has 1 aromatic heterocycles. The summed E-state index contributed by atoms with van der Waals surface area (Å²) in [5, 5.41) is 15.2. The van der Waals surface area contributed by atoms with Crippen LogP contribution < -0.4 is 56.5 Å². The van der Waals surface area contributed by atoms with Gasteiger partial charge in [0.05, 0.1) is 5.69 Å². The van der Waals surface area contributed by atoms with Crippen molar-refractivity contribution in [2.24, 2.45) is 0 Å². The summed E-state index contributed by atoms with van der Waals surface area (Å²) in [4.78, 5) is 0. The van der Waals surface area contributed by atoms with Gasteiger partial charge in [-0.2, -0.15) is 5.10 Å². The van der Waals surface area contributed by atoms with Gasteiger partial charge >= 0.3 is 51.4 Å². The Bertz CT molecular complexity index is 413. The van der Waals surface area contributed by atoms with E-state index < -0.39 is 0 Å². The molecule has 0 bridgehead atoms. The van der Waals surface area contributed by atoms with E-state index in [2.05, 4.69) is 5.10 Å². The number of hydrogen-bond donors (Lipinski definition) is 0. The number of hydrogen-bond acceptors (Lipinski definition) is 2. The molecule has 66 valence electrons. The first-order chi connectivity index (χ1) is 6.25. The molecule has 1 heterocycles. The van der Waals surface area contributed by atoms with Crippen molar-refractivity contribution in [1.29, 1.82) is 0 Å². The average molecular weight is 233 g/mol. The molecule has 0 saturated carbocycles. The summed E-state index contributed by atoms with van der Waals surface area (Å²) in [5.74, 6) is -0.241. The van der Waals surface area contributed by atoms with Crippen LogP contribution in [0.1, 0.15) is 0 Å². The summed E-state index contributed by atoms with van der Waals surface area (Å²) in [6.07, 6.45) is 1.62. The molecule has 0 atom stereocenters. The normalized spacial score (nSPS) is 9.50. The Morgan fingerprint density at radius 1 is 1.14 bits per heavy atom. The van der Waals surface area contributed by atoms with Gasteiger partial charge in [0.15, 0.2) is 0 Å². The summed E-state index contributed by atoms with van der Waals surface area (Å²) >= 11 is 5.71. The van der Waals surface area contributed by atoms with Crippen molar-refractivity contribution in [2.45, 2.75) is 0 Å². The first kappa shape index (κ1) is 12.2. The number of rotatable bonds is 1. The van der Waals surface area contributed by atoms with Crippen LogP contribution in [0.15, 0.2) is 36.5 Å². The minimum absolute atomic E-state index is 0. The van der Waals surface area contributed by atoms with Gasteiger partial charge in [0.1, 0.15) is 0 Å². The van der Waals surface area contributed by atoms with E-state index >= 15 is 0 Å². The van der Waals surface area contributed by atoms with Crippen molar-refractivity contribution in [3.05, 3.63) is 41.6 Å². The first-order valence-electron chi connectivity index (χ1n) is 3.74. The predicted octanol–water partition coefficient (Wildman–Crippen LogP) is -1.40. The number of benzene rings is 1. The standard InChI is InChI=1S/C9H7ClN2O.K/c10-7-1-3-8(4-2-7)12-6-5-9(13)11-12;/h1-6H,(H,11,13);/q;+1/p-1. The van der Waals surface area contributed by atoms with Gasteiger partial charge in [-0.3, -0.25) is 0 Å². The van der Waals surface area contributed by atoms with Crippen LogP contribution in [0.3, 0.4) is 0 Å². The maximum absolute atomic E-state index is 10.8. The summed E-state index contributed by atoms with van der Waals surface area (Å²) in [5.41, 5.74) is 0.825. The SMILES string of the molecule is [K+].[O-]c1ccn(-c2ccc(Cl)cc2)n1. The zero-order valence-electron chi connectivity index (χ0n) is 7.64. The van der Waals surface area contributed by atoms with E-state index in [9.17, 15) is 5.11 Å². The molecule has 5 heteroatoms. The molecule has 0 amide bonds. The second kappa shape index (κ2) is 5.30. The molecule has 0 saturated heterocycles. The number of halogens is 1. The minimum Gasteiger partial charge on any atom is -0.857 e. The van der Waals surface area contributed by atoms with Gasteiger partial charge in [-0.1, -0.05) is 11.6 Å². The summed E-state index contributed by atoms with van der Waals surface area (Å²) in [6.45, 7) is 0. The fraction of sp³-hybridized carbons (Fsp3) is 0. The fourth-order valence-electron chi connectivity index (χ4n) is 1.04. The van der Waals surface area contributed by atoms with Crippen LogP contribution in [0.2, 0.25) is 5.02 Å². The van der Waals surface area contributed by atoms with Crippen molar-refractivity contribution in [1.82, 2.24) is 9.78 Å². The predicted molar refractivity (Wildman–Crippen MR) is 48.0 cm³/mol. The summed E-state index contributed by atoms with van der Waals surface area (Å²) in [6, 6.07) is 8.52. The Morgan fingerprint density at radius 2 is 1.79 bits per heavy atom. The molecule has 0 aliphatic heterocycles. The van der Waals surface area contributed by atoms with E-state index in [0.29, 0.717) is 5.02 Å². The Morgan fingerprint density at radius 3 is 2.29 bits per heavy atom. The second-order valence-corrected chi connectivity index (χ2v) is 3.01. The second-order valence-electron chi connectivity index (χ2n) is 2.57. The van der Waals surface area contributed by atoms with Crippen molar-refractivity contribution in [2.75, 3.05) is 0 Å². The third kappa shape index (κ3) is 2.82. The maximum Gasteiger partial charge on any atom is 1.00 e. The van der Waals surface area contributed by atoms with Gasteiger partial charge < -0.3 is 5.11 Å². The van der Waals surface area contributed by atoms with Crippen molar-refractivity contribution in [3.63, 3.8) is 0 Å². The van der Waals surface area contributed by atoms with Crippen molar-refractivity contribution < 1.29 is 56.5 Å². The maximum atomic E-state index is 10.8. The molecule has 3 nitrogen and oxygen atoms in total. The van der Waals surface area contributed by atoms with Crippen LogP contribution in [0.4, 0.5) is 0 Å². The molecule has 2 rings (SSSR count). The molecule has 0 aliphatic rings. The molecular weight excluding hydrogens is 227 g/mol. The first-order valence-corrected chi connectivity index (χ1v) is 4.12. The largest absolute Gasteiger partial charge is 1.00 e. The minimum atomic E-state index is -0.241. The molecule has 0 radical (unpaired) electrons. The van der Waals surface area contributed by atoms with Gasteiger partial charge in [-0.25, -0.2) is 4.68 Å². The number of nitrogens with zero attached hydrogens (tertiary/aromatic N) is 2. The van der Waals surface area contributed by atoms with Crippen LogP contribution in [0, 0.1) is 0 Å². The van der Waals surface area contributed by atoms with Crippen molar-refractivity contribution >= 4 is 11.6 Å². The van der Waals surface area contributed by atoms with E-state index in [4.69, 9.17) is 11.6 Å². The average Bonchev–Trinajstić information content (AvgIpc) is 2.53. The van der Waals surface area contributed by atoms with Crippen LogP contribution in [0.5, 0.6) is 5.88 Å². The van der Waals surface area contributed by atoms with Gasteiger partial charge in [0.25, 0.3) is 0 Å². The number of aromatic nitrogens is 2. The smallest absolute Gasteiger partial charge is 0.857 e. The van der Waals surface area contributed by atoms with Crippen LogP contribution in [-0.2, 0) is 0 Å². The summed E-state index contributed by atoms with van der Waals surface area (Å²) in [7, 11) is 0. The van der Waals surface area contributed by atoms with E-state index in [1.54, 1.807) is 30.5 Å². The molecular formula is C9H6ClKN2O. The van der Waals surface area contributed by atoms with Crippen LogP contribution in [0.25, 0.3) is 5.69 Å². The Kier molecular flexibility index (Phi) is 4.63. The van der Waals surface area contributed by atoms with Gasteiger partial charge in [-0.15, -0.1) is 0 Å².